The molecule has 2 amide bonds. The first-order valence-electron chi connectivity index (χ1n) is 6.71. The summed E-state index contributed by atoms with van der Waals surface area (Å²) in [5.74, 6) is -1.13. The van der Waals surface area contributed by atoms with E-state index in [9.17, 15) is 22.4 Å². The molecule has 0 saturated carbocycles. The summed E-state index contributed by atoms with van der Waals surface area (Å²) in [5, 5.41) is 2.02. The van der Waals surface area contributed by atoms with Crippen molar-refractivity contribution in [2.75, 3.05) is 32.1 Å². The lowest BCUT2D eigenvalue weighted by atomic mass is 10.1. The Morgan fingerprint density at radius 2 is 2.00 bits per heavy atom. The molecule has 0 aromatic heterocycles. The van der Waals surface area contributed by atoms with Gasteiger partial charge in [-0.3, -0.25) is 0 Å². The maximum absolute atomic E-state index is 13.7. The summed E-state index contributed by atoms with van der Waals surface area (Å²) in [6, 6.07) is 1.74. The molecule has 0 heterocycles. The first-order chi connectivity index (χ1) is 10.3. The standard InChI is InChI=1S/C14H18F4N2O2/c1-3-7-20(8-9-22-2)13(21)19-12-10(14(16,17)18)5-4-6-11(12)15/h4-6H,3,7-9H2,1-2H3,(H,19,21). The van der Waals surface area contributed by atoms with Crippen molar-refractivity contribution in [3.63, 3.8) is 0 Å². The summed E-state index contributed by atoms with van der Waals surface area (Å²) in [6.45, 7) is 2.57. The highest BCUT2D eigenvalue weighted by Crippen LogP contribution is 2.36. The molecular formula is C14H18F4N2O2. The third-order valence-electron chi connectivity index (χ3n) is 2.90. The van der Waals surface area contributed by atoms with Crippen molar-refractivity contribution in [2.45, 2.75) is 19.5 Å². The number of urea groups is 1. The summed E-state index contributed by atoms with van der Waals surface area (Å²) in [6.07, 6.45) is -4.15. The quantitative estimate of drug-likeness (QED) is 0.811. The Labute approximate surface area is 126 Å². The lowest BCUT2D eigenvalue weighted by Gasteiger charge is -2.23. The molecule has 0 unspecified atom stereocenters. The number of anilines is 1. The van der Waals surface area contributed by atoms with Gasteiger partial charge in [0.05, 0.1) is 17.9 Å². The molecule has 22 heavy (non-hydrogen) atoms. The van der Waals surface area contributed by atoms with Gasteiger partial charge in [-0.25, -0.2) is 9.18 Å². The van der Waals surface area contributed by atoms with Gasteiger partial charge in [-0.1, -0.05) is 13.0 Å². The Bertz CT molecular complexity index is 506. The first-order valence-corrected chi connectivity index (χ1v) is 6.71. The van der Waals surface area contributed by atoms with Crippen LogP contribution in [0.4, 0.5) is 28.0 Å². The molecule has 124 valence electrons. The number of nitrogens with zero attached hydrogens (tertiary/aromatic N) is 1. The topological polar surface area (TPSA) is 41.6 Å². The molecule has 0 atom stereocenters. The predicted octanol–water partition coefficient (Wildman–Crippen LogP) is 3.73. The highest BCUT2D eigenvalue weighted by molar-refractivity contribution is 5.90. The van der Waals surface area contributed by atoms with E-state index in [1.165, 1.54) is 12.0 Å². The Hall–Kier alpha value is -1.83. The number of amides is 2. The van der Waals surface area contributed by atoms with E-state index in [1.807, 2.05) is 12.2 Å². The number of halogens is 4. The average molecular weight is 322 g/mol. The van der Waals surface area contributed by atoms with Crippen LogP contribution in [-0.4, -0.2) is 37.7 Å². The highest BCUT2D eigenvalue weighted by atomic mass is 19.4. The number of para-hydroxylation sites is 1. The molecule has 1 rings (SSSR count). The molecule has 0 saturated heterocycles. The van der Waals surface area contributed by atoms with Crippen molar-refractivity contribution in [2.24, 2.45) is 0 Å². The van der Waals surface area contributed by atoms with Gasteiger partial charge in [0.25, 0.3) is 0 Å². The molecule has 0 fully saturated rings. The maximum atomic E-state index is 13.7. The zero-order valence-electron chi connectivity index (χ0n) is 12.3. The maximum Gasteiger partial charge on any atom is 0.418 e. The molecule has 0 aliphatic heterocycles. The summed E-state index contributed by atoms with van der Waals surface area (Å²) >= 11 is 0. The highest BCUT2D eigenvalue weighted by Gasteiger charge is 2.35. The number of ether oxygens (including phenoxy) is 1. The van der Waals surface area contributed by atoms with E-state index < -0.39 is 29.3 Å². The number of alkyl halides is 3. The van der Waals surface area contributed by atoms with E-state index in [0.29, 0.717) is 13.0 Å². The molecule has 8 heteroatoms. The number of methoxy groups -OCH3 is 1. The summed E-state index contributed by atoms with van der Waals surface area (Å²) in [4.78, 5) is 13.3. The Kier molecular flexibility index (Phi) is 6.61. The van der Waals surface area contributed by atoms with E-state index in [0.717, 1.165) is 18.2 Å². The van der Waals surface area contributed by atoms with Crippen LogP contribution in [0.1, 0.15) is 18.9 Å². The van der Waals surface area contributed by atoms with Crippen LogP contribution < -0.4 is 5.32 Å². The van der Waals surface area contributed by atoms with Crippen LogP contribution in [0.15, 0.2) is 18.2 Å². The lowest BCUT2D eigenvalue weighted by Crippen LogP contribution is -2.38. The fourth-order valence-electron chi connectivity index (χ4n) is 1.86. The van der Waals surface area contributed by atoms with Gasteiger partial charge in [0.1, 0.15) is 5.82 Å². The van der Waals surface area contributed by atoms with E-state index >= 15 is 0 Å². The van der Waals surface area contributed by atoms with Crippen molar-refractivity contribution >= 4 is 11.7 Å². The number of benzene rings is 1. The number of hydrogen-bond acceptors (Lipinski definition) is 2. The second kappa shape index (κ2) is 7.98. The molecule has 0 aliphatic carbocycles. The fraction of sp³-hybridized carbons (Fsp3) is 0.500. The van der Waals surface area contributed by atoms with Crippen LogP contribution in [0.25, 0.3) is 0 Å². The zero-order valence-corrected chi connectivity index (χ0v) is 12.3. The molecule has 1 N–H and O–H groups in total. The monoisotopic (exact) mass is 322 g/mol. The molecule has 1 aromatic carbocycles. The smallest absolute Gasteiger partial charge is 0.383 e. The predicted molar refractivity (Wildman–Crippen MR) is 74.2 cm³/mol. The van der Waals surface area contributed by atoms with Crippen molar-refractivity contribution in [1.82, 2.24) is 4.90 Å². The van der Waals surface area contributed by atoms with Gasteiger partial charge < -0.3 is 15.0 Å². The van der Waals surface area contributed by atoms with Gasteiger partial charge in [0, 0.05) is 20.2 Å². The van der Waals surface area contributed by atoms with Crippen LogP contribution in [0.3, 0.4) is 0 Å². The number of carbonyl (C=O) groups is 1. The van der Waals surface area contributed by atoms with Gasteiger partial charge in [-0.2, -0.15) is 13.2 Å². The van der Waals surface area contributed by atoms with Crippen molar-refractivity contribution < 1.29 is 27.1 Å². The minimum absolute atomic E-state index is 0.200. The number of carbonyl (C=O) groups excluding carboxylic acids is 1. The van der Waals surface area contributed by atoms with Crippen LogP contribution in [-0.2, 0) is 10.9 Å². The average Bonchev–Trinajstić information content (AvgIpc) is 2.44. The molecule has 4 nitrogen and oxygen atoms in total. The zero-order chi connectivity index (χ0) is 16.8. The fourth-order valence-corrected chi connectivity index (χ4v) is 1.86. The van der Waals surface area contributed by atoms with E-state index in [1.54, 1.807) is 0 Å². The van der Waals surface area contributed by atoms with Crippen LogP contribution in [0, 0.1) is 5.82 Å². The molecule has 1 aromatic rings. The van der Waals surface area contributed by atoms with E-state index in [4.69, 9.17) is 4.74 Å². The van der Waals surface area contributed by atoms with Crippen LogP contribution >= 0.6 is 0 Å². The second-order valence-corrected chi connectivity index (χ2v) is 4.57. The van der Waals surface area contributed by atoms with Gasteiger partial charge >= 0.3 is 12.2 Å². The second-order valence-electron chi connectivity index (χ2n) is 4.57. The van der Waals surface area contributed by atoms with Gasteiger partial charge in [0.15, 0.2) is 0 Å². The van der Waals surface area contributed by atoms with Gasteiger partial charge in [-0.05, 0) is 18.6 Å². The summed E-state index contributed by atoms with van der Waals surface area (Å²) in [7, 11) is 1.45. The van der Waals surface area contributed by atoms with Crippen molar-refractivity contribution in [1.29, 1.82) is 0 Å². The normalized spacial score (nSPS) is 11.4. The Morgan fingerprint density at radius 1 is 1.32 bits per heavy atom. The summed E-state index contributed by atoms with van der Waals surface area (Å²) in [5.41, 5.74) is -2.08. The lowest BCUT2D eigenvalue weighted by molar-refractivity contribution is -0.137. The molecule has 0 aliphatic rings. The molecule has 0 bridgehead atoms. The molecule has 0 spiro atoms. The summed E-state index contributed by atoms with van der Waals surface area (Å²) < 4.78 is 57.2. The third kappa shape index (κ3) is 4.87. The van der Waals surface area contributed by atoms with Crippen molar-refractivity contribution in [3.8, 4) is 0 Å². The molecule has 0 radical (unpaired) electrons. The van der Waals surface area contributed by atoms with E-state index in [2.05, 4.69) is 0 Å². The van der Waals surface area contributed by atoms with Gasteiger partial charge in [0.2, 0.25) is 0 Å². The SMILES string of the molecule is CCCN(CCOC)C(=O)Nc1c(F)cccc1C(F)(F)F. The van der Waals surface area contributed by atoms with Crippen LogP contribution in [0.5, 0.6) is 0 Å². The Morgan fingerprint density at radius 3 is 2.55 bits per heavy atom. The number of rotatable bonds is 6. The minimum Gasteiger partial charge on any atom is -0.383 e. The van der Waals surface area contributed by atoms with Crippen LogP contribution in [0.2, 0.25) is 0 Å². The first kappa shape index (κ1) is 18.2. The van der Waals surface area contributed by atoms with Gasteiger partial charge in [-0.15, -0.1) is 0 Å². The Balaban J connectivity index is 2.99. The largest absolute Gasteiger partial charge is 0.418 e. The van der Waals surface area contributed by atoms with E-state index in [-0.39, 0.29) is 13.2 Å². The molecular weight excluding hydrogens is 304 g/mol. The van der Waals surface area contributed by atoms with Crippen molar-refractivity contribution in [3.05, 3.63) is 29.6 Å². The minimum atomic E-state index is -4.76. The third-order valence-corrected chi connectivity index (χ3v) is 2.90. The number of hydrogen-bond donors (Lipinski definition) is 1. The number of nitrogens with one attached hydrogen (secondary N) is 1.